The van der Waals surface area contributed by atoms with Crippen LogP contribution in [0.3, 0.4) is 0 Å². The van der Waals surface area contributed by atoms with Crippen LogP contribution in [0.5, 0.6) is 5.75 Å². The number of ether oxygens (including phenoxy) is 3. The van der Waals surface area contributed by atoms with E-state index in [2.05, 4.69) is 47.4 Å². The molecule has 0 amide bonds. The van der Waals surface area contributed by atoms with E-state index < -0.39 is 0 Å². The average Bonchev–Trinajstić information content (AvgIpc) is 3.36. The Kier molecular flexibility index (Phi) is 6.75. The first-order valence-corrected chi connectivity index (χ1v) is 12.1. The van der Waals surface area contributed by atoms with Crippen LogP contribution in [0.15, 0.2) is 66.7 Å². The summed E-state index contributed by atoms with van der Waals surface area (Å²) in [6.45, 7) is 6.81. The lowest BCUT2D eigenvalue weighted by molar-refractivity contribution is -0.129. The fourth-order valence-electron chi connectivity index (χ4n) is 5.00. The van der Waals surface area contributed by atoms with Crippen LogP contribution in [-0.2, 0) is 27.5 Å². The van der Waals surface area contributed by atoms with Gasteiger partial charge in [0.05, 0.1) is 6.61 Å². The van der Waals surface area contributed by atoms with Crippen LogP contribution in [-0.4, -0.2) is 32.8 Å². The summed E-state index contributed by atoms with van der Waals surface area (Å²) >= 11 is 0. The second kappa shape index (κ2) is 10.1. The molecule has 2 N–H and O–H groups in total. The van der Waals surface area contributed by atoms with Gasteiger partial charge in [0.15, 0.2) is 0 Å². The highest BCUT2D eigenvalue weighted by molar-refractivity contribution is 5.71. The SMILES string of the molecule is C[C@@H](N)c1cccc(-c2cc(COc3ccccc3COC=O)cc(N3CC4(CCOC4)C3)c2)c1. The number of nitrogens with zero attached hydrogens (tertiary/aromatic N) is 1. The molecule has 2 aliphatic heterocycles. The van der Waals surface area contributed by atoms with Gasteiger partial charge in [0.1, 0.15) is 19.0 Å². The molecule has 0 saturated carbocycles. The summed E-state index contributed by atoms with van der Waals surface area (Å²) in [5, 5.41) is 0. The molecule has 6 heteroatoms. The number of anilines is 1. The van der Waals surface area contributed by atoms with Crippen molar-refractivity contribution in [3.8, 4) is 16.9 Å². The molecule has 2 heterocycles. The second-order valence-electron chi connectivity index (χ2n) is 9.76. The molecule has 1 atom stereocenters. The van der Waals surface area contributed by atoms with Crippen LogP contribution in [0, 0.1) is 5.41 Å². The van der Waals surface area contributed by atoms with Crippen LogP contribution >= 0.6 is 0 Å². The zero-order chi connectivity index (χ0) is 24.3. The number of nitrogens with two attached hydrogens (primary N) is 1. The molecule has 35 heavy (non-hydrogen) atoms. The van der Waals surface area contributed by atoms with Crippen molar-refractivity contribution in [3.05, 3.63) is 83.4 Å². The Balaban J connectivity index is 1.42. The third kappa shape index (κ3) is 5.19. The predicted octanol–water partition coefficient (Wildman–Crippen LogP) is 4.85. The minimum Gasteiger partial charge on any atom is -0.488 e. The van der Waals surface area contributed by atoms with Crippen LogP contribution < -0.4 is 15.4 Å². The van der Waals surface area contributed by atoms with E-state index in [9.17, 15) is 4.79 Å². The number of carbonyl (C=O) groups excluding carboxylic acids is 1. The van der Waals surface area contributed by atoms with Crippen molar-refractivity contribution in [1.82, 2.24) is 0 Å². The Morgan fingerprint density at radius 3 is 2.69 bits per heavy atom. The Bertz CT molecular complexity index is 1180. The maximum Gasteiger partial charge on any atom is 0.293 e. The summed E-state index contributed by atoms with van der Waals surface area (Å²) in [5.41, 5.74) is 13.0. The van der Waals surface area contributed by atoms with Crippen molar-refractivity contribution in [3.63, 3.8) is 0 Å². The Morgan fingerprint density at radius 2 is 1.91 bits per heavy atom. The van der Waals surface area contributed by atoms with Crippen LogP contribution in [0.1, 0.15) is 36.1 Å². The molecule has 2 saturated heterocycles. The van der Waals surface area contributed by atoms with Crippen molar-refractivity contribution < 1.29 is 19.0 Å². The molecule has 3 aromatic rings. The third-order valence-electron chi connectivity index (χ3n) is 7.00. The molecule has 182 valence electrons. The van der Waals surface area contributed by atoms with Gasteiger partial charge in [0.25, 0.3) is 6.47 Å². The van der Waals surface area contributed by atoms with E-state index in [0.717, 1.165) is 60.5 Å². The highest BCUT2D eigenvalue weighted by Crippen LogP contribution is 2.42. The maximum atomic E-state index is 10.7. The molecular weight excluding hydrogens is 440 g/mol. The van der Waals surface area contributed by atoms with E-state index in [1.54, 1.807) is 0 Å². The summed E-state index contributed by atoms with van der Waals surface area (Å²) < 4.78 is 16.8. The van der Waals surface area contributed by atoms with Crippen molar-refractivity contribution in [2.45, 2.75) is 32.6 Å². The molecule has 0 bridgehead atoms. The largest absolute Gasteiger partial charge is 0.488 e. The quantitative estimate of drug-likeness (QED) is 0.449. The van der Waals surface area contributed by atoms with Crippen molar-refractivity contribution in [2.75, 3.05) is 31.2 Å². The Morgan fingerprint density at radius 1 is 1.06 bits per heavy atom. The molecule has 2 fully saturated rings. The summed E-state index contributed by atoms with van der Waals surface area (Å²) in [4.78, 5) is 13.1. The first kappa shape index (κ1) is 23.4. The Labute approximate surface area is 206 Å². The van der Waals surface area contributed by atoms with Gasteiger partial charge in [-0.15, -0.1) is 0 Å². The second-order valence-corrected chi connectivity index (χ2v) is 9.76. The van der Waals surface area contributed by atoms with Gasteiger partial charge < -0.3 is 24.8 Å². The first-order valence-electron chi connectivity index (χ1n) is 12.1. The highest BCUT2D eigenvalue weighted by Gasteiger charge is 2.45. The lowest BCUT2D eigenvalue weighted by Crippen LogP contribution is -2.57. The zero-order valence-electron chi connectivity index (χ0n) is 20.1. The van der Waals surface area contributed by atoms with Gasteiger partial charge in [-0.2, -0.15) is 0 Å². The highest BCUT2D eigenvalue weighted by atomic mass is 16.5. The smallest absolute Gasteiger partial charge is 0.293 e. The molecule has 0 radical (unpaired) electrons. The monoisotopic (exact) mass is 472 g/mol. The zero-order valence-corrected chi connectivity index (χ0v) is 20.1. The average molecular weight is 473 g/mol. The van der Waals surface area contributed by atoms with E-state index in [1.165, 1.54) is 5.69 Å². The summed E-state index contributed by atoms with van der Waals surface area (Å²) in [6, 6.07) is 22.7. The number of benzene rings is 3. The molecule has 2 aliphatic rings. The van der Waals surface area contributed by atoms with E-state index in [-0.39, 0.29) is 12.6 Å². The van der Waals surface area contributed by atoms with Gasteiger partial charge >= 0.3 is 0 Å². The normalized spacial score (nSPS) is 17.1. The molecule has 0 unspecified atom stereocenters. The van der Waals surface area contributed by atoms with Crippen LogP contribution in [0.4, 0.5) is 5.69 Å². The third-order valence-corrected chi connectivity index (χ3v) is 7.00. The lowest BCUT2D eigenvalue weighted by atomic mass is 9.79. The molecule has 0 aromatic heterocycles. The van der Waals surface area contributed by atoms with Crippen molar-refractivity contribution in [2.24, 2.45) is 11.1 Å². The number of hydrogen-bond acceptors (Lipinski definition) is 6. The minimum absolute atomic E-state index is 0.0244. The van der Waals surface area contributed by atoms with Crippen LogP contribution in [0.25, 0.3) is 11.1 Å². The molecule has 6 nitrogen and oxygen atoms in total. The Hall–Kier alpha value is -3.35. The van der Waals surface area contributed by atoms with Gasteiger partial charge in [-0.05, 0) is 65.9 Å². The van der Waals surface area contributed by atoms with Gasteiger partial charge in [0, 0.05) is 42.4 Å². The van der Waals surface area contributed by atoms with E-state index in [0.29, 0.717) is 24.2 Å². The van der Waals surface area contributed by atoms with E-state index >= 15 is 0 Å². The standard InChI is InChI=1S/C29H32N2O4/c1-21(30)23-6-4-7-24(13-23)26-11-22(15-35-28-8-3-2-5-25(28)16-34-20-32)12-27(14-26)31-17-29(18-31)9-10-33-19-29/h2-8,11-14,20-21H,9-10,15-19,30H2,1H3/t21-/m1/s1. The van der Waals surface area contributed by atoms with Gasteiger partial charge in [-0.3, -0.25) is 4.79 Å². The van der Waals surface area contributed by atoms with Crippen LogP contribution in [0.2, 0.25) is 0 Å². The number of para-hydroxylation sites is 1. The van der Waals surface area contributed by atoms with Gasteiger partial charge in [-0.25, -0.2) is 0 Å². The molecule has 5 rings (SSSR count). The van der Waals surface area contributed by atoms with E-state index in [4.69, 9.17) is 19.9 Å². The summed E-state index contributed by atoms with van der Waals surface area (Å²) in [5.74, 6) is 0.714. The number of carbonyl (C=O) groups is 1. The maximum absolute atomic E-state index is 10.7. The summed E-state index contributed by atoms with van der Waals surface area (Å²) in [6.07, 6.45) is 1.13. The lowest BCUT2D eigenvalue weighted by Gasteiger charge is -2.48. The minimum atomic E-state index is -0.0244. The number of hydrogen-bond donors (Lipinski definition) is 1. The van der Waals surface area contributed by atoms with Gasteiger partial charge in [-0.1, -0.05) is 36.4 Å². The first-order chi connectivity index (χ1) is 17.0. The fourth-order valence-corrected chi connectivity index (χ4v) is 5.00. The summed E-state index contributed by atoms with van der Waals surface area (Å²) in [7, 11) is 0. The molecule has 1 spiro atoms. The van der Waals surface area contributed by atoms with Crippen molar-refractivity contribution >= 4 is 12.2 Å². The molecule has 0 aliphatic carbocycles. The van der Waals surface area contributed by atoms with E-state index in [1.807, 2.05) is 31.2 Å². The molecular formula is C29H32N2O4. The number of rotatable bonds is 9. The molecule has 3 aromatic carbocycles. The van der Waals surface area contributed by atoms with Gasteiger partial charge in [0.2, 0.25) is 0 Å². The predicted molar refractivity (Wildman–Crippen MR) is 136 cm³/mol. The topological polar surface area (TPSA) is 74.0 Å². The fraction of sp³-hybridized carbons (Fsp3) is 0.345. The van der Waals surface area contributed by atoms with Crippen molar-refractivity contribution in [1.29, 1.82) is 0 Å².